The Hall–Kier alpha value is -0.900. The van der Waals surface area contributed by atoms with Crippen LogP contribution in [0.5, 0.6) is 0 Å². The second-order valence-corrected chi connectivity index (χ2v) is 5.44. The highest BCUT2D eigenvalue weighted by molar-refractivity contribution is 4.94. The first kappa shape index (κ1) is 12.6. The molecule has 3 unspecified atom stereocenters. The number of aliphatic hydroxyl groups excluding tert-OH is 1. The maximum absolute atomic E-state index is 8.79. The van der Waals surface area contributed by atoms with Crippen LogP contribution < -0.4 is 0 Å². The van der Waals surface area contributed by atoms with Crippen LogP contribution in [0.2, 0.25) is 0 Å². The molecule has 1 aliphatic rings. The number of hydrogen-bond acceptors (Lipinski definition) is 3. The van der Waals surface area contributed by atoms with Crippen LogP contribution in [0.3, 0.4) is 0 Å². The van der Waals surface area contributed by atoms with E-state index in [2.05, 4.69) is 30.4 Å². The summed E-state index contributed by atoms with van der Waals surface area (Å²) in [6.45, 7) is 4.90. The maximum atomic E-state index is 8.79. The van der Waals surface area contributed by atoms with E-state index < -0.39 is 0 Å². The van der Waals surface area contributed by atoms with E-state index in [1.54, 1.807) is 0 Å². The van der Waals surface area contributed by atoms with E-state index in [1.165, 1.54) is 19.3 Å². The molecule has 1 heterocycles. The molecule has 1 fully saturated rings. The third kappa shape index (κ3) is 3.06. The molecule has 96 valence electrons. The third-order valence-corrected chi connectivity index (χ3v) is 4.09. The number of aromatic nitrogens is 3. The van der Waals surface area contributed by atoms with Gasteiger partial charge in [0, 0.05) is 12.8 Å². The molecule has 1 aliphatic carbocycles. The first-order chi connectivity index (χ1) is 8.20. The summed E-state index contributed by atoms with van der Waals surface area (Å²) in [5, 5.41) is 17.2. The van der Waals surface area contributed by atoms with Gasteiger partial charge in [0.1, 0.15) is 0 Å². The molecule has 1 aromatic heterocycles. The summed E-state index contributed by atoms with van der Waals surface area (Å²) < 4.78 is 2.04. The molecule has 0 aliphatic heterocycles. The van der Waals surface area contributed by atoms with E-state index in [9.17, 15) is 0 Å². The van der Waals surface area contributed by atoms with Crippen LogP contribution in [-0.2, 0) is 6.42 Å². The van der Waals surface area contributed by atoms with Gasteiger partial charge in [0.2, 0.25) is 0 Å². The van der Waals surface area contributed by atoms with Gasteiger partial charge in [0.25, 0.3) is 0 Å². The largest absolute Gasteiger partial charge is 0.396 e. The molecule has 0 amide bonds. The molecule has 1 N–H and O–H groups in total. The van der Waals surface area contributed by atoms with Gasteiger partial charge in [-0.25, -0.2) is 4.68 Å². The lowest BCUT2D eigenvalue weighted by molar-refractivity contribution is 0.199. The Kier molecular flexibility index (Phi) is 4.15. The Morgan fingerprint density at radius 1 is 1.35 bits per heavy atom. The molecule has 4 heteroatoms. The highest BCUT2D eigenvalue weighted by Gasteiger charge is 2.26. The second kappa shape index (κ2) is 5.63. The maximum Gasteiger partial charge on any atom is 0.0828 e. The molecule has 3 atom stereocenters. The highest BCUT2D eigenvalue weighted by Crippen LogP contribution is 2.35. The van der Waals surface area contributed by atoms with Crippen LogP contribution in [0.4, 0.5) is 0 Å². The monoisotopic (exact) mass is 237 g/mol. The van der Waals surface area contributed by atoms with E-state index in [0.717, 1.165) is 30.4 Å². The zero-order valence-electron chi connectivity index (χ0n) is 10.8. The van der Waals surface area contributed by atoms with Gasteiger partial charge in [-0.2, -0.15) is 0 Å². The van der Waals surface area contributed by atoms with Crippen molar-refractivity contribution in [2.24, 2.45) is 11.8 Å². The van der Waals surface area contributed by atoms with Gasteiger partial charge >= 0.3 is 0 Å². The highest BCUT2D eigenvalue weighted by atomic mass is 16.2. The Morgan fingerprint density at radius 2 is 2.18 bits per heavy atom. The van der Waals surface area contributed by atoms with Crippen molar-refractivity contribution in [3.63, 3.8) is 0 Å². The van der Waals surface area contributed by atoms with Crippen LogP contribution in [-0.4, -0.2) is 26.7 Å². The average Bonchev–Trinajstić information content (AvgIpc) is 2.79. The van der Waals surface area contributed by atoms with Gasteiger partial charge in [0.05, 0.1) is 11.7 Å². The van der Waals surface area contributed by atoms with Gasteiger partial charge in [-0.3, -0.25) is 0 Å². The van der Waals surface area contributed by atoms with E-state index in [1.807, 2.05) is 4.68 Å². The summed E-state index contributed by atoms with van der Waals surface area (Å²) in [5.41, 5.74) is 1.00. The molecular formula is C13H23N3O. The number of aliphatic hydroxyl groups is 1. The summed E-state index contributed by atoms with van der Waals surface area (Å²) >= 11 is 0. The molecule has 2 rings (SSSR count). The fourth-order valence-electron chi connectivity index (χ4n) is 2.63. The normalized spacial score (nSPS) is 29.5. The van der Waals surface area contributed by atoms with Gasteiger partial charge in [0.15, 0.2) is 0 Å². The summed E-state index contributed by atoms with van der Waals surface area (Å²) in [6, 6.07) is 0.525. The minimum Gasteiger partial charge on any atom is -0.396 e. The van der Waals surface area contributed by atoms with Crippen LogP contribution in [0.25, 0.3) is 0 Å². The lowest BCUT2D eigenvalue weighted by Crippen LogP contribution is -2.23. The lowest BCUT2D eigenvalue weighted by Gasteiger charge is -2.31. The Morgan fingerprint density at radius 3 is 2.88 bits per heavy atom. The molecule has 4 nitrogen and oxygen atoms in total. The smallest absolute Gasteiger partial charge is 0.0828 e. The first-order valence-corrected chi connectivity index (χ1v) is 6.72. The van der Waals surface area contributed by atoms with Crippen molar-refractivity contribution in [1.29, 1.82) is 0 Å². The van der Waals surface area contributed by atoms with Gasteiger partial charge in [-0.15, -0.1) is 5.10 Å². The van der Waals surface area contributed by atoms with Crippen LogP contribution >= 0.6 is 0 Å². The number of hydrogen-bond donors (Lipinski definition) is 1. The Labute approximate surface area is 103 Å². The van der Waals surface area contributed by atoms with Crippen molar-refractivity contribution in [3.8, 4) is 0 Å². The number of nitrogens with zero attached hydrogens (tertiary/aromatic N) is 3. The summed E-state index contributed by atoms with van der Waals surface area (Å²) in [6.07, 6.45) is 7.38. The predicted octanol–water partition coefficient (Wildman–Crippen LogP) is 2.20. The molecule has 17 heavy (non-hydrogen) atoms. The van der Waals surface area contributed by atoms with Crippen LogP contribution in [0.15, 0.2) is 6.20 Å². The predicted molar refractivity (Wildman–Crippen MR) is 66.6 cm³/mol. The van der Waals surface area contributed by atoms with Gasteiger partial charge in [-0.05, 0) is 43.9 Å². The minimum absolute atomic E-state index is 0.227. The van der Waals surface area contributed by atoms with Crippen LogP contribution in [0, 0.1) is 11.8 Å². The topological polar surface area (TPSA) is 50.9 Å². The Bertz CT molecular complexity index is 350. The molecular weight excluding hydrogens is 214 g/mol. The van der Waals surface area contributed by atoms with Crippen molar-refractivity contribution in [1.82, 2.24) is 15.0 Å². The fourth-order valence-corrected chi connectivity index (χ4v) is 2.63. The molecule has 0 bridgehead atoms. The number of aryl methyl sites for hydroxylation is 1. The van der Waals surface area contributed by atoms with Crippen molar-refractivity contribution >= 4 is 0 Å². The number of rotatable bonds is 4. The van der Waals surface area contributed by atoms with E-state index >= 15 is 0 Å². The summed E-state index contributed by atoms with van der Waals surface area (Å²) in [7, 11) is 0. The SMILES string of the molecule is CC1CCC(n2cc(CCCO)nn2)CC1C. The van der Waals surface area contributed by atoms with E-state index in [0.29, 0.717) is 6.04 Å². The average molecular weight is 237 g/mol. The molecule has 0 aromatic carbocycles. The van der Waals surface area contributed by atoms with Crippen molar-refractivity contribution in [2.45, 2.75) is 52.0 Å². The van der Waals surface area contributed by atoms with Gasteiger partial charge < -0.3 is 5.11 Å². The van der Waals surface area contributed by atoms with Crippen molar-refractivity contribution in [2.75, 3.05) is 6.61 Å². The van der Waals surface area contributed by atoms with E-state index in [-0.39, 0.29) is 6.61 Å². The van der Waals surface area contributed by atoms with Crippen molar-refractivity contribution in [3.05, 3.63) is 11.9 Å². The summed E-state index contributed by atoms with van der Waals surface area (Å²) in [5.74, 6) is 1.61. The molecule has 0 spiro atoms. The lowest BCUT2D eigenvalue weighted by atomic mass is 9.79. The minimum atomic E-state index is 0.227. The van der Waals surface area contributed by atoms with Gasteiger partial charge in [-0.1, -0.05) is 19.1 Å². The van der Waals surface area contributed by atoms with Crippen molar-refractivity contribution < 1.29 is 5.11 Å². The van der Waals surface area contributed by atoms with E-state index in [4.69, 9.17) is 5.11 Å². The quantitative estimate of drug-likeness (QED) is 0.873. The second-order valence-electron chi connectivity index (χ2n) is 5.44. The zero-order valence-corrected chi connectivity index (χ0v) is 10.8. The third-order valence-electron chi connectivity index (χ3n) is 4.09. The molecule has 1 saturated carbocycles. The molecule has 0 radical (unpaired) electrons. The fraction of sp³-hybridized carbons (Fsp3) is 0.846. The molecule has 0 saturated heterocycles. The summed E-state index contributed by atoms with van der Waals surface area (Å²) in [4.78, 5) is 0. The first-order valence-electron chi connectivity index (χ1n) is 6.72. The van der Waals surface area contributed by atoms with Crippen LogP contribution in [0.1, 0.15) is 51.3 Å². The zero-order chi connectivity index (χ0) is 12.3. The molecule has 1 aromatic rings. The standard InChI is InChI=1S/C13H23N3O/c1-10-5-6-13(8-11(10)2)16-9-12(14-15-16)4-3-7-17/h9-11,13,17H,3-8H2,1-2H3. The Balaban J connectivity index is 1.95.